The van der Waals surface area contributed by atoms with Crippen LogP contribution in [-0.2, 0) is 10.3 Å². The fourth-order valence-corrected chi connectivity index (χ4v) is 5.57. The van der Waals surface area contributed by atoms with E-state index in [9.17, 15) is 4.79 Å². The second-order valence-electron chi connectivity index (χ2n) is 8.36. The van der Waals surface area contributed by atoms with E-state index in [0.29, 0.717) is 16.0 Å². The summed E-state index contributed by atoms with van der Waals surface area (Å²) < 4.78 is 0. The molecular weight excluding hydrogens is 393 g/mol. The first-order chi connectivity index (χ1) is 13.4. The van der Waals surface area contributed by atoms with Gasteiger partial charge in [-0.15, -0.1) is 0 Å². The number of nitrogens with zero attached hydrogens (tertiary/aromatic N) is 1. The van der Waals surface area contributed by atoms with Crippen LogP contribution in [0.1, 0.15) is 36.8 Å². The predicted octanol–water partition coefficient (Wildman–Crippen LogP) is 4.37. The van der Waals surface area contributed by atoms with Gasteiger partial charge < -0.3 is 11.1 Å². The highest BCUT2D eigenvalue weighted by molar-refractivity contribution is 6.31. The Morgan fingerprint density at radius 1 is 1.18 bits per heavy atom. The highest BCUT2D eigenvalue weighted by Crippen LogP contribution is 2.57. The molecule has 3 aliphatic rings. The molecule has 2 aliphatic heterocycles. The van der Waals surface area contributed by atoms with Crippen LogP contribution in [0, 0.1) is 5.92 Å². The van der Waals surface area contributed by atoms with Gasteiger partial charge >= 0.3 is 0 Å². The number of amides is 1. The summed E-state index contributed by atoms with van der Waals surface area (Å²) in [6, 6.07) is 13.3. The van der Waals surface area contributed by atoms with Gasteiger partial charge in [-0.3, -0.25) is 9.69 Å². The SMILES string of the molecule is C[C@H]1[C@@H](N)[C@H](c2cccc(Cl)c2)[C@]2(C(=O)Nc3cc(Cl)ccc32)N1CC1CC1. The molecule has 0 bridgehead atoms. The lowest BCUT2D eigenvalue weighted by Gasteiger charge is -2.39. The van der Waals surface area contributed by atoms with Crippen molar-refractivity contribution in [2.75, 3.05) is 11.9 Å². The van der Waals surface area contributed by atoms with E-state index in [4.69, 9.17) is 28.9 Å². The molecule has 1 saturated carbocycles. The van der Waals surface area contributed by atoms with Gasteiger partial charge in [0, 0.05) is 45.8 Å². The molecule has 1 aliphatic carbocycles. The summed E-state index contributed by atoms with van der Waals surface area (Å²) >= 11 is 12.5. The third-order valence-corrected chi connectivity index (χ3v) is 7.15. The van der Waals surface area contributed by atoms with Gasteiger partial charge in [0.05, 0.1) is 0 Å². The number of benzene rings is 2. The molecule has 2 fully saturated rings. The maximum absolute atomic E-state index is 13.7. The molecule has 6 heteroatoms. The molecule has 5 rings (SSSR count). The van der Waals surface area contributed by atoms with E-state index in [0.717, 1.165) is 23.4 Å². The van der Waals surface area contributed by atoms with E-state index < -0.39 is 5.54 Å². The van der Waals surface area contributed by atoms with Crippen molar-refractivity contribution in [2.45, 2.75) is 43.3 Å². The van der Waals surface area contributed by atoms with Crippen LogP contribution in [0.4, 0.5) is 5.69 Å². The largest absolute Gasteiger partial charge is 0.326 e. The van der Waals surface area contributed by atoms with Gasteiger partial charge in [0.25, 0.3) is 0 Å². The van der Waals surface area contributed by atoms with Crippen LogP contribution in [0.5, 0.6) is 0 Å². The Labute approximate surface area is 175 Å². The molecule has 2 aromatic carbocycles. The third-order valence-electron chi connectivity index (χ3n) is 6.68. The van der Waals surface area contributed by atoms with Gasteiger partial charge in [0.1, 0.15) is 5.54 Å². The minimum atomic E-state index is -0.841. The van der Waals surface area contributed by atoms with Gasteiger partial charge in [0.15, 0.2) is 0 Å². The molecule has 0 unspecified atom stereocenters. The van der Waals surface area contributed by atoms with Crippen molar-refractivity contribution < 1.29 is 4.79 Å². The molecule has 3 N–H and O–H groups in total. The van der Waals surface area contributed by atoms with Crippen LogP contribution in [0.3, 0.4) is 0 Å². The molecule has 0 radical (unpaired) electrons. The summed E-state index contributed by atoms with van der Waals surface area (Å²) in [7, 11) is 0. The number of nitrogens with two attached hydrogens (primary N) is 1. The fourth-order valence-electron chi connectivity index (χ4n) is 5.20. The molecule has 28 heavy (non-hydrogen) atoms. The van der Waals surface area contributed by atoms with Crippen molar-refractivity contribution in [3.8, 4) is 0 Å². The summed E-state index contributed by atoms with van der Waals surface area (Å²) in [4.78, 5) is 16.0. The minimum Gasteiger partial charge on any atom is -0.326 e. The van der Waals surface area contributed by atoms with E-state index >= 15 is 0 Å². The van der Waals surface area contributed by atoms with Gasteiger partial charge in [-0.05, 0) is 55.5 Å². The summed E-state index contributed by atoms with van der Waals surface area (Å²) in [5.41, 5.74) is 8.71. The maximum Gasteiger partial charge on any atom is 0.250 e. The van der Waals surface area contributed by atoms with Gasteiger partial charge in [-0.2, -0.15) is 0 Å². The molecule has 1 saturated heterocycles. The Kier molecular flexibility index (Phi) is 4.25. The third kappa shape index (κ3) is 2.55. The quantitative estimate of drug-likeness (QED) is 0.782. The molecule has 2 aromatic rings. The lowest BCUT2D eigenvalue weighted by molar-refractivity contribution is -0.127. The number of carbonyl (C=O) groups excluding carboxylic acids is 1. The smallest absolute Gasteiger partial charge is 0.250 e. The monoisotopic (exact) mass is 415 g/mol. The van der Waals surface area contributed by atoms with Crippen molar-refractivity contribution in [1.82, 2.24) is 4.90 Å². The average molecular weight is 416 g/mol. The van der Waals surface area contributed by atoms with E-state index in [-0.39, 0.29) is 23.9 Å². The van der Waals surface area contributed by atoms with Crippen LogP contribution < -0.4 is 11.1 Å². The molecule has 2 heterocycles. The first-order valence-corrected chi connectivity index (χ1v) is 10.6. The highest BCUT2D eigenvalue weighted by Gasteiger charge is 2.65. The van der Waals surface area contributed by atoms with Crippen LogP contribution in [0.25, 0.3) is 0 Å². The summed E-state index contributed by atoms with van der Waals surface area (Å²) in [6.07, 6.45) is 2.43. The van der Waals surface area contributed by atoms with E-state index in [2.05, 4.69) is 17.1 Å². The standard InChI is InChI=1S/C22H23Cl2N3O/c1-12-20(25)19(14-3-2-4-15(23)9-14)22(27(12)11-13-5-6-13)17-8-7-16(24)10-18(17)26-21(22)28/h2-4,7-10,12-13,19-20H,5-6,11,25H2,1H3,(H,26,28)/t12-,19-,20+,22+/m0/s1. The number of hydrogen-bond acceptors (Lipinski definition) is 3. The second-order valence-corrected chi connectivity index (χ2v) is 9.23. The van der Waals surface area contributed by atoms with E-state index in [1.807, 2.05) is 42.5 Å². The zero-order valence-corrected chi connectivity index (χ0v) is 17.2. The Balaban J connectivity index is 1.75. The topological polar surface area (TPSA) is 58.4 Å². The lowest BCUT2D eigenvalue weighted by atomic mass is 9.74. The van der Waals surface area contributed by atoms with Crippen LogP contribution in [-0.4, -0.2) is 29.4 Å². The van der Waals surface area contributed by atoms with Crippen LogP contribution >= 0.6 is 23.2 Å². The first-order valence-electron chi connectivity index (χ1n) is 9.82. The van der Waals surface area contributed by atoms with Gasteiger partial charge in [-0.1, -0.05) is 41.4 Å². The van der Waals surface area contributed by atoms with E-state index in [1.54, 1.807) is 0 Å². The number of halogens is 2. The number of likely N-dealkylation sites (tertiary alicyclic amines) is 1. The minimum absolute atomic E-state index is 0.0183. The maximum atomic E-state index is 13.7. The normalized spacial score (nSPS) is 32.0. The summed E-state index contributed by atoms with van der Waals surface area (Å²) in [5.74, 6) is 0.423. The Bertz CT molecular complexity index is 961. The molecule has 146 valence electrons. The summed E-state index contributed by atoms with van der Waals surface area (Å²) in [5, 5.41) is 4.36. The first kappa shape index (κ1) is 18.4. The second kappa shape index (κ2) is 6.46. The van der Waals surface area contributed by atoms with Crippen LogP contribution in [0.15, 0.2) is 42.5 Å². The van der Waals surface area contributed by atoms with Crippen molar-refractivity contribution >= 4 is 34.8 Å². The molecule has 4 atom stereocenters. The number of hydrogen-bond donors (Lipinski definition) is 2. The highest BCUT2D eigenvalue weighted by atomic mass is 35.5. The Morgan fingerprint density at radius 3 is 2.64 bits per heavy atom. The number of rotatable bonds is 3. The van der Waals surface area contributed by atoms with Crippen LogP contribution in [0.2, 0.25) is 10.0 Å². The zero-order valence-electron chi connectivity index (χ0n) is 15.7. The fraction of sp³-hybridized carbons (Fsp3) is 0.409. The number of carbonyl (C=O) groups is 1. The van der Waals surface area contributed by atoms with Crippen molar-refractivity contribution in [3.63, 3.8) is 0 Å². The number of fused-ring (bicyclic) bond motifs is 2. The number of anilines is 1. The van der Waals surface area contributed by atoms with Crippen molar-refractivity contribution in [2.24, 2.45) is 11.7 Å². The Morgan fingerprint density at radius 2 is 1.93 bits per heavy atom. The molecular formula is C22H23Cl2N3O. The predicted molar refractivity (Wildman–Crippen MR) is 113 cm³/mol. The molecule has 4 nitrogen and oxygen atoms in total. The number of nitrogens with one attached hydrogen (secondary N) is 1. The Hall–Kier alpha value is -1.59. The molecule has 1 spiro atoms. The molecule has 1 amide bonds. The zero-order chi connectivity index (χ0) is 19.6. The summed E-state index contributed by atoms with van der Waals surface area (Å²) in [6.45, 7) is 3.02. The van der Waals surface area contributed by atoms with Gasteiger partial charge in [0.2, 0.25) is 5.91 Å². The average Bonchev–Trinajstić information content (AvgIpc) is 3.39. The van der Waals surface area contributed by atoms with E-state index in [1.165, 1.54) is 12.8 Å². The van der Waals surface area contributed by atoms with Gasteiger partial charge in [-0.25, -0.2) is 0 Å². The molecule has 0 aromatic heterocycles. The van der Waals surface area contributed by atoms with Crippen molar-refractivity contribution in [3.05, 3.63) is 63.6 Å². The van der Waals surface area contributed by atoms with Crippen molar-refractivity contribution in [1.29, 1.82) is 0 Å². The lowest BCUT2D eigenvalue weighted by Crippen LogP contribution is -2.52.